The first-order valence-corrected chi connectivity index (χ1v) is 13.5. The maximum absolute atomic E-state index is 11.1. The molecule has 0 atom stereocenters. The Morgan fingerprint density at radius 2 is 0.897 bits per heavy atom. The molecule has 0 spiro atoms. The molecule has 4 heteroatoms. The first-order chi connectivity index (χ1) is 18.7. The fraction of sp³-hybridized carbons (Fsp3) is 0.200. The molecule has 6 aromatic carbocycles. The first kappa shape index (κ1) is 24.3. The summed E-state index contributed by atoms with van der Waals surface area (Å²) in [5.74, 6) is 0. The third kappa shape index (κ3) is 3.46. The van der Waals surface area contributed by atoms with E-state index in [0.29, 0.717) is 0 Å². The van der Waals surface area contributed by atoms with Gasteiger partial charge in [-0.05, 0) is 118 Å². The molecule has 1 saturated heterocycles. The van der Waals surface area contributed by atoms with E-state index >= 15 is 0 Å². The summed E-state index contributed by atoms with van der Waals surface area (Å²) in [7, 11) is 0. The summed E-state index contributed by atoms with van der Waals surface area (Å²) in [5, 5.41) is 34.4. The van der Waals surface area contributed by atoms with Gasteiger partial charge in [0.25, 0.3) is 0 Å². The second-order valence-corrected chi connectivity index (χ2v) is 11.9. The lowest BCUT2D eigenvalue weighted by molar-refractivity contribution is -0.223. The van der Waals surface area contributed by atoms with Gasteiger partial charge in [-0.25, -0.2) is 0 Å². The van der Waals surface area contributed by atoms with Gasteiger partial charge in [-0.2, -0.15) is 10.1 Å². The van der Waals surface area contributed by atoms with Gasteiger partial charge in [0.1, 0.15) is 6.17 Å². The lowest BCUT2D eigenvalue weighted by Crippen LogP contribution is -2.52. The van der Waals surface area contributed by atoms with Gasteiger partial charge in [0, 0.05) is 0 Å². The molecule has 0 bridgehead atoms. The molecule has 4 nitrogen and oxygen atoms in total. The summed E-state index contributed by atoms with van der Waals surface area (Å²) < 4.78 is 0. The van der Waals surface area contributed by atoms with Crippen LogP contribution in [-0.2, 0) is 0 Å². The highest BCUT2D eigenvalue weighted by Gasteiger charge is 2.58. The molecule has 0 saturated carbocycles. The van der Waals surface area contributed by atoms with Crippen molar-refractivity contribution in [2.75, 3.05) is 0 Å². The van der Waals surface area contributed by atoms with E-state index in [9.17, 15) is 10.4 Å². The molecule has 1 heterocycles. The summed E-state index contributed by atoms with van der Waals surface area (Å²) in [5.41, 5.74) is 1.85. The Hall–Kier alpha value is -3.80. The van der Waals surface area contributed by atoms with E-state index in [1.54, 1.807) is 0 Å². The van der Waals surface area contributed by atoms with E-state index in [0.717, 1.165) is 11.1 Å². The topological polar surface area (TPSA) is 46.9 Å². The third-order valence-corrected chi connectivity index (χ3v) is 9.29. The lowest BCUT2D eigenvalue weighted by atomic mass is 9.84. The van der Waals surface area contributed by atoms with E-state index in [4.69, 9.17) is 0 Å². The highest BCUT2D eigenvalue weighted by atomic mass is 16.6. The van der Waals surface area contributed by atoms with E-state index in [-0.39, 0.29) is 0 Å². The average molecular weight is 513 g/mol. The molecular weight excluding hydrogens is 480 g/mol. The van der Waals surface area contributed by atoms with Gasteiger partial charge in [0.15, 0.2) is 0 Å². The molecule has 1 aliphatic heterocycles. The van der Waals surface area contributed by atoms with Crippen molar-refractivity contribution in [2.24, 2.45) is 0 Å². The van der Waals surface area contributed by atoms with Gasteiger partial charge in [-0.3, -0.25) is 0 Å². The van der Waals surface area contributed by atoms with Crippen LogP contribution in [-0.4, -0.2) is 31.6 Å². The molecule has 0 aromatic heterocycles. The number of hydrogen-bond acceptors (Lipinski definition) is 4. The molecule has 0 unspecified atom stereocenters. The van der Waals surface area contributed by atoms with E-state index < -0.39 is 17.2 Å². The number of hydrogen-bond donors (Lipinski definition) is 2. The molecule has 39 heavy (non-hydrogen) atoms. The molecule has 0 aliphatic carbocycles. The number of benzene rings is 6. The SMILES string of the molecule is CC1(C)N(O)C(c2ccc(-c3c4cc5ccccc5cc4cc4cc5ccccc5cc34)cc2)N(O)C1(C)C. The van der Waals surface area contributed by atoms with Crippen molar-refractivity contribution in [3.8, 4) is 11.1 Å². The van der Waals surface area contributed by atoms with Crippen LogP contribution in [0.2, 0.25) is 0 Å². The van der Waals surface area contributed by atoms with Crippen LogP contribution in [0.5, 0.6) is 0 Å². The van der Waals surface area contributed by atoms with Crippen molar-refractivity contribution in [2.45, 2.75) is 44.9 Å². The quantitative estimate of drug-likeness (QED) is 0.227. The van der Waals surface area contributed by atoms with E-state index in [1.807, 2.05) is 39.8 Å². The van der Waals surface area contributed by atoms with E-state index in [2.05, 4.69) is 91.0 Å². The van der Waals surface area contributed by atoms with Crippen molar-refractivity contribution in [3.05, 3.63) is 109 Å². The monoisotopic (exact) mass is 512 g/mol. The van der Waals surface area contributed by atoms with Gasteiger partial charge in [-0.1, -0.05) is 72.8 Å². The van der Waals surface area contributed by atoms with Crippen molar-refractivity contribution in [1.82, 2.24) is 10.1 Å². The van der Waals surface area contributed by atoms with Crippen molar-refractivity contribution in [1.29, 1.82) is 0 Å². The molecule has 1 aliphatic rings. The van der Waals surface area contributed by atoms with E-state index in [1.165, 1.54) is 58.8 Å². The largest absolute Gasteiger partial charge is 0.311 e. The standard InChI is InChI=1S/C35H32N2O2/c1-34(2)35(3,4)37(39)33(36(34)38)23-15-13-22(14-16-23)32-30-20-26-11-7-5-9-24(26)17-28(30)19-29-18-25-10-6-8-12-27(25)21-31(29)32/h5-21,33,38-39H,1-4H3. The van der Waals surface area contributed by atoms with Gasteiger partial charge in [0.2, 0.25) is 0 Å². The maximum Gasteiger partial charge on any atom is 0.136 e. The fourth-order valence-corrected chi connectivity index (χ4v) is 6.19. The molecule has 194 valence electrons. The minimum atomic E-state index is -0.652. The Morgan fingerprint density at radius 1 is 0.513 bits per heavy atom. The number of rotatable bonds is 2. The molecule has 6 aromatic rings. The Bertz CT molecular complexity index is 1790. The molecule has 0 radical (unpaired) electrons. The second kappa shape index (κ2) is 8.35. The highest BCUT2D eigenvalue weighted by Crippen LogP contribution is 2.48. The molecule has 2 N–H and O–H groups in total. The normalized spacial score (nSPS) is 18.1. The second-order valence-electron chi connectivity index (χ2n) is 11.9. The zero-order valence-electron chi connectivity index (χ0n) is 22.7. The number of nitrogens with zero attached hydrogens (tertiary/aromatic N) is 2. The summed E-state index contributed by atoms with van der Waals surface area (Å²) >= 11 is 0. The first-order valence-electron chi connectivity index (χ1n) is 13.5. The van der Waals surface area contributed by atoms with Gasteiger partial charge in [-0.15, -0.1) is 0 Å². The third-order valence-electron chi connectivity index (χ3n) is 9.29. The minimum Gasteiger partial charge on any atom is -0.311 e. The predicted molar refractivity (Wildman–Crippen MR) is 160 cm³/mol. The van der Waals surface area contributed by atoms with Crippen LogP contribution in [0.3, 0.4) is 0 Å². The molecule has 0 amide bonds. The maximum atomic E-state index is 11.1. The van der Waals surface area contributed by atoms with Crippen LogP contribution in [0.4, 0.5) is 0 Å². The zero-order chi connectivity index (χ0) is 27.1. The van der Waals surface area contributed by atoms with Crippen LogP contribution in [0.25, 0.3) is 54.2 Å². The number of hydroxylamine groups is 4. The van der Waals surface area contributed by atoms with Crippen molar-refractivity contribution < 1.29 is 10.4 Å². The van der Waals surface area contributed by atoms with Crippen molar-refractivity contribution >= 4 is 43.1 Å². The minimum absolute atomic E-state index is 0.640. The summed E-state index contributed by atoms with van der Waals surface area (Å²) in [6.45, 7) is 7.78. The predicted octanol–water partition coefficient (Wildman–Crippen LogP) is 8.92. The Kier molecular flexibility index (Phi) is 5.19. The van der Waals surface area contributed by atoms with Crippen LogP contribution in [0, 0.1) is 0 Å². The van der Waals surface area contributed by atoms with Gasteiger partial charge in [0.05, 0.1) is 11.1 Å². The van der Waals surface area contributed by atoms with Crippen LogP contribution in [0.1, 0.15) is 39.4 Å². The fourth-order valence-electron chi connectivity index (χ4n) is 6.19. The molecule has 7 rings (SSSR count). The molecular formula is C35H32N2O2. The Balaban J connectivity index is 1.46. The van der Waals surface area contributed by atoms with Crippen LogP contribution in [0.15, 0.2) is 103 Å². The molecule has 1 fully saturated rings. The van der Waals surface area contributed by atoms with Crippen LogP contribution >= 0.6 is 0 Å². The summed E-state index contributed by atoms with van der Waals surface area (Å²) in [6.07, 6.45) is -0.652. The summed E-state index contributed by atoms with van der Waals surface area (Å²) in [4.78, 5) is 0. The van der Waals surface area contributed by atoms with Crippen molar-refractivity contribution in [3.63, 3.8) is 0 Å². The number of fused-ring (bicyclic) bond motifs is 4. The summed E-state index contributed by atoms with van der Waals surface area (Å²) in [6, 6.07) is 36.8. The lowest BCUT2D eigenvalue weighted by Gasteiger charge is -2.37. The van der Waals surface area contributed by atoms with Gasteiger partial charge < -0.3 is 10.4 Å². The highest BCUT2D eigenvalue weighted by molar-refractivity contribution is 6.18. The average Bonchev–Trinajstić information content (AvgIpc) is 3.05. The Morgan fingerprint density at radius 3 is 1.33 bits per heavy atom. The van der Waals surface area contributed by atoms with Crippen LogP contribution < -0.4 is 0 Å². The zero-order valence-corrected chi connectivity index (χ0v) is 22.7. The van der Waals surface area contributed by atoms with Gasteiger partial charge >= 0.3 is 0 Å². The Labute approximate surface area is 228 Å². The smallest absolute Gasteiger partial charge is 0.136 e.